The predicted octanol–water partition coefficient (Wildman–Crippen LogP) is 3.51. The van der Waals surface area contributed by atoms with E-state index in [4.69, 9.17) is 0 Å². The van der Waals surface area contributed by atoms with Gasteiger partial charge in [0.05, 0.1) is 21.6 Å². The van der Waals surface area contributed by atoms with E-state index in [1.807, 2.05) is 13.8 Å². The summed E-state index contributed by atoms with van der Waals surface area (Å²) in [4.78, 5) is 22.3. The average Bonchev–Trinajstić information content (AvgIpc) is 2.74. The first-order chi connectivity index (χ1) is 10.8. The molecule has 0 aliphatic heterocycles. The van der Waals surface area contributed by atoms with Crippen LogP contribution in [0.1, 0.15) is 23.4 Å². The Morgan fingerprint density at radius 2 is 2.09 bits per heavy atom. The Morgan fingerprint density at radius 1 is 1.39 bits per heavy atom. The number of anilines is 1. The van der Waals surface area contributed by atoms with Crippen LogP contribution >= 0.6 is 15.9 Å². The van der Waals surface area contributed by atoms with E-state index < -0.39 is 4.92 Å². The molecule has 1 aromatic carbocycles. The second-order valence-electron chi connectivity index (χ2n) is 5.26. The molecule has 23 heavy (non-hydrogen) atoms. The van der Waals surface area contributed by atoms with E-state index in [9.17, 15) is 14.9 Å². The number of nitro benzene ring substituents is 1. The van der Waals surface area contributed by atoms with Crippen molar-refractivity contribution in [1.82, 2.24) is 9.78 Å². The molecular weight excluding hydrogens is 364 g/mol. The lowest BCUT2D eigenvalue weighted by atomic mass is 10.1. The predicted molar refractivity (Wildman–Crippen MR) is 90.5 cm³/mol. The van der Waals surface area contributed by atoms with Crippen molar-refractivity contribution in [1.29, 1.82) is 0 Å². The number of nitro groups is 1. The zero-order valence-electron chi connectivity index (χ0n) is 13.1. The van der Waals surface area contributed by atoms with Crippen LogP contribution < -0.4 is 5.32 Å². The molecule has 0 aliphatic rings. The second-order valence-corrected chi connectivity index (χ2v) is 6.06. The molecule has 0 saturated carbocycles. The van der Waals surface area contributed by atoms with Crippen molar-refractivity contribution in [3.05, 3.63) is 49.7 Å². The van der Waals surface area contributed by atoms with Gasteiger partial charge in [0.15, 0.2) is 0 Å². The molecule has 2 rings (SSSR count). The zero-order valence-corrected chi connectivity index (χ0v) is 14.7. The van der Waals surface area contributed by atoms with Crippen LogP contribution in [0.5, 0.6) is 0 Å². The van der Waals surface area contributed by atoms with E-state index in [1.165, 1.54) is 12.1 Å². The molecule has 0 fully saturated rings. The summed E-state index contributed by atoms with van der Waals surface area (Å²) in [5.41, 5.74) is 3.10. The lowest BCUT2D eigenvalue weighted by Crippen LogP contribution is -2.16. The maximum Gasteiger partial charge on any atom is 0.269 e. The molecule has 0 atom stereocenters. The fourth-order valence-corrected chi connectivity index (χ4v) is 2.50. The van der Waals surface area contributed by atoms with Gasteiger partial charge in [-0.25, -0.2) is 0 Å². The fraction of sp³-hybridized carbons (Fsp3) is 0.333. The highest BCUT2D eigenvalue weighted by molar-refractivity contribution is 9.10. The number of aromatic nitrogens is 2. The molecule has 0 spiro atoms. The summed E-state index contributed by atoms with van der Waals surface area (Å²) >= 11 is 3.45. The summed E-state index contributed by atoms with van der Waals surface area (Å²) in [6.07, 6.45) is 0.269. The van der Waals surface area contributed by atoms with E-state index in [1.54, 1.807) is 17.7 Å². The third-order valence-corrected chi connectivity index (χ3v) is 4.69. The Hall–Kier alpha value is -2.22. The third-order valence-electron chi connectivity index (χ3n) is 3.54. The second kappa shape index (κ2) is 6.91. The normalized spacial score (nSPS) is 10.6. The summed E-state index contributed by atoms with van der Waals surface area (Å²) < 4.78 is 2.73. The van der Waals surface area contributed by atoms with Gasteiger partial charge in [0, 0.05) is 29.9 Å². The highest BCUT2D eigenvalue weighted by atomic mass is 79.9. The minimum atomic E-state index is -0.459. The molecule has 0 radical (unpaired) electrons. The van der Waals surface area contributed by atoms with Gasteiger partial charge >= 0.3 is 0 Å². The van der Waals surface area contributed by atoms with Gasteiger partial charge in [-0.15, -0.1) is 0 Å². The zero-order chi connectivity index (χ0) is 17.1. The molecule has 0 bridgehead atoms. The smallest absolute Gasteiger partial charge is 0.269 e. The van der Waals surface area contributed by atoms with Gasteiger partial charge in [-0.1, -0.05) is 0 Å². The van der Waals surface area contributed by atoms with Crippen molar-refractivity contribution < 1.29 is 9.72 Å². The van der Waals surface area contributed by atoms with Crippen molar-refractivity contribution in [3.63, 3.8) is 0 Å². The third kappa shape index (κ3) is 3.95. The molecule has 0 unspecified atom stereocenters. The van der Waals surface area contributed by atoms with E-state index in [0.717, 1.165) is 15.9 Å². The van der Waals surface area contributed by atoms with Crippen LogP contribution in [-0.2, 0) is 11.3 Å². The number of non-ortho nitro benzene ring substituents is 1. The minimum absolute atomic E-state index is 0.00740. The summed E-state index contributed by atoms with van der Waals surface area (Å²) in [6.45, 7) is 6.02. The van der Waals surface area contributed by atoms with Gasteiger partial charge in [-0.2, -0.15) is 5.10 Å². The van der Waals surface area contributed by atoms with Gasteiger partial charge < -0.3 is 5.32 Å². The lowest BCUT2D eigenvalue weighted by molar-refractivity contribution is -0.384. The SMILES string of the molecule is Cc1cc([N+](=O)[O-])ccc1NC(=O)CCn1nc(C)c(Br)c1C. The number of carbonyl (C=O) groups is 1. The maximum atomic E-state index is 12.1. The van der Waals surface area contributed by atoms with Crippen molar-refractivity contribution in [2.45, 2.75) is 33.7 Å². The molecular formula is C15H17BrN4O3. The topological polar surface area (TPSA) is 90.1 Å². The van der Waals surface area contributed by atoms with Gasteiger partial charge in [0.2, 0.25) is 5.91 Å². The van der Waals surface area contributed by atoms with Crippen LogP contribution in [0.15, 0.2) is 22.7 Å². The van der Waals surface area contributed by atoms with E-state index in [0.29, 0.717) is 17.8 Å². The highest BCUT2D eigenvalue weighted by Crippen LogP contribution is 2.22. The Morgan fingerprint density at radius 3 is 2.61 bits per heavy atom. The molecule has 1 N–H and O–H groups in total. The van der Waals surface area contributed by atoms with Crippen molar-refractivity contribution in [2.24, 2.45) is 0 Å². The summed E-state index contributed by atoms with van der Waals surface area (Å²) in [7, 11) is 0. The Labute approximate surface area is 142 Å². The van der Waals surface area contributed by atoms with Crippen molar-refractivity contribution >= 4 is 33.2 Å². The maximum absolute atomic E-state index is 12.1. The van der Waals surface area contributed by atoms with Crippen molar-refractivity contribution in [3.8, 4) is 0 Å². The molecule has 1 amide bonds. The number of benzene rings is 1. The number of rotatable bonds is 5. The standard InChI is InChI=1S/C15H17BrN4O3/c1-9-8-12(20(22)23)4-5-13(9)17-14(21)6-7-19-11(3)15(16)10(2)18-19/h4-5,8H,6-7H2,1-3H3,(H,17,21). The molecule has 0 aliphatic carbocycles. The van der Waals surface area contributed by atoms with Gasteiger partial charge in [-0.05, 0) is 48.3 Å². The number of hydrogen-bond acceptors (Lipinski definition) is 4. The Bertz CT molecular complexity index is 770. The first-order valence-electron chi connectivity index (χ1n) is 7.04. The first kappa shape index (κ1) is 17.1. The average molecular weight is 381 g/mol. The lowest BCUT2D eigenvalue weighted by Gasteiger charge is -2.09. The van der Waals surface area contributed by atoms with Crippen LogP contribution in [0.3, 0.4) is 0 Å². The van der Waals surface area contributed by atoms with E-state index >= 15 is 0 Å². The van der Waals surface area contributed by atoms with Crippen LogP contribution in [0.2, 0.25) is 0 Å². The number of halogens is 1. The quantitative estimate of drug-likeness (QED) is 0.634. The van der Waals surface area contributed by atoms with Gasteiger partial charge in [-0.3, -0.25) is 19.6 Å². The summed E-state index contributed by atoms with van der Waals surface area (Å²) in [5, 5.41) is 17.8. The molecule has 8 heteroatoms. The number of aryl methyl sites for hydroxylation is 3. The first-order valence-corrected chi connectivity index (χ1v) is 7.83. The van der Waals surface area contributed by atoms with Crippen LogP contribution in [0.25, 0.3) is 0 Å². The highest BCUT2D eigenvalue weighted by Gasteiger charge is 2.12. The number of hydrogen-bond donors (Lipinski definition) is 1. The molecule has 7 nitrogen and oxygen atoms in total. The molecule has 1 heterocycles. The summed E-state index contributed by atoms with van der Waals surface area (Å²) in [6, 6.07) is 4.36. The summed E-state index contributed by atoms with van der Waals surface area (Å²) in [5.74, 6) is -0.161. The van der Waals surface area contributed by atoms with Crippen LogP contribution in [-0.4, -0.2) is 20.6 Å². The molecule has 122 valence electrons. The van der Waals surface area contributed by atoms with Crippen LogP contribution in [0, 0.1) is 30.9 Å². The number of nitrogens with zero attached hydrogens (tertiary/aromatic N) is 3. The van der Waals surface area contributed by atoms with E-state index in [-0.39, 0.29) is 18.0 Å². The largest absolute Gasteiger partial charge is 0.326 e. The minimum Gasteiger partial charge on any atom is -0.326 e. The van der Waals surface area contributed by atoms with Crippen molar-refractivity contribution in [2.75, 3.05) is 5.32 Å². The Kier molecular flexibility index (Phi) is 5.15. The van der Waals surface area contributed by atoms with Gasteiger partial charge in [0.1, 0.15) is 0 Å². The molecule has 2 aromatic rings. The number of nitrogens with one attached hydrogen (secondary N) is 1. The van der Waals surface area contributed by atoms with Gasteiger partial charge in [0.25, 0.3) is 5.69 Å². The Balaban J connectivity index is 2.00. The van der Waals surface area contributed by atoms with E-state index in [2.05, 4.69) is 26.3 Å². The monoisotopic (exact) mass is 380 g/mol. The number of amides is 1. The van der Waals surface area contributed by atoms with Crippen LogP contribution in [0.4, 0.5) is 11.4 Å². The molecule has 1 aromatic heterocycles. The number of carbonyl (C=O) groups excluding carboxylic acids is 1. The fourth-order valence-electron chi connectivity index (χ4n) is 2.21. The molecule has 0 saturated heterocycles.